The van der Waals surface area contributed by atoms with E-state index >= 15 is 0 Å². The van der Waals surface area contributed by atoms with Gasteiger partial charge < -0.3 is 0 Å². The Morgan fingerprint density at radius 2 is 1.85 bits per heavy atom. The molecule has 0 atom stereocenters. The smallest absolute Gasteiger partial charge is 0.0245 e. The molecule has 0 bridgehead atoms. The Labute approximate surface area is 124 Å². The van der Waals surface area contributed by atoms with Crippen LogP contribution in [0.15, 0.2) is 36.9 Å². The molecule has 20 heavy (non-hydrogen) atoms. The molecule has 0 amide bonds. The number of hydrogen-bond acceptors (Lipinski definition) is 0. The van der Waals surface area contributed by atoms with Gasteiger partial charge in [-0.2, -0.15) is 0 Å². The Morgan fingerprint density at radius 3 is 2.45 bits per heavy atom. The van der Waals surface area contributed by atoms with Gasteiger partial charge in [-0.15, -0.1) is 6.58 Å². The quantitative estimate of drug-likeness (QED) is 0.507. The van der Waals surface area contributed by atoms with Crippen LogP contribution in [0.2, 0.25) is 0 Å². The number of benzene rings is 1. The summed E-state index contributed by atoms with van der Waals surface area (Å²) in [4.78, 5) is 0. The van der Waals surface area contributed by atoms with Crippen LogP contribution in [-0.2, 0) is 6.42 Å². The van der Waals surface area contributed by atoms with E-state index in [0.717, 1.165) is 17.9 Å². The van der Waals surface area contributed by atoms with Gasteiger partial charge in [0.1, 0.15) is 0 Å². The van der Waals surface area contributed by atoms with E-state index in [1.807, 2.05) is 6.08 Å². The SMILES string of the molecule is C=CCC[C@H]1CC[C@H](C#Cc2ccc(CC)cc2)CC1. The number of hydrogen-bond donors (Lipinski definition) is 0. The Morgan fingerprint density at radius 1 is 1.15 bits per heavy atom. The van der Waals surface area contributed by atoms with Gasteiger partial charge in [0.05, 0.1) is 0 Å². The van der Waals surface area contributed by atoms with Crippen molar-refractivity contribution in [3.63, 3.8) is 0 Å². The van der Waals surface area contributed by atoms with Crippen LogP contribution in [0.25, 0.3) is 0 Å². The van der Waals surface area contributed by atoms with Crippen LogP contribution in [0.4, 0.5) is 0 Å². The molecule has 1 aromatic carbocycles. The fraction of sp³-hybridized carbons (Fsp3) is 0.500. The summed E-state index contributed by atoms with van der Waals surface area (Å²) in [5.41, 5.74) is 2.55. The minimum atomic E-state index is 0.612. The highest BCUT2D eigenvalue weighted by Gasteiger charge is 2.18. The van der Waals surface area contributed by atoms with Gasteiger partial charge in [0.25, 0.3) is 0 Å². The fourth-order valence-corrected chi connectivity index (χ4v) is 2.96. The van der Waals surface area contributed by atoms with Crippen molar-refractivity contribution in [3.05, 3.63) is 48.0 Å². The van der Waals surface area contributed by atoms with Crippen LogP contribution in [0, 0.1) is 23.7 Å². The number of aryl methyl sites for hydroxylation is 1. The maximum atomic E-state index is 3.81. The van der Waals surface area contributed by atoms with Crippen molar-refractivity contribution < 1.29 is 0 Å². The van der Waals surface area contributed by atoms with E-state index in [1.165, 1.54) is 44.1 Å². The van der Waals surface area contributed by atoms with E-state index in [-0.39, 0.29) is 0 Å². The Kier molecular flexibility index (Phi) is 5.93. The fourth-order valence-electron chi connectivity index (χ4n) is 2.96. The molecule has 0 heterocycles. The number of rotatable bonds is 4. The van der Waals surface area contributed by atoms with E-state index in [1.54, 1.807) is 0 Å². The highest BCUT2D eigenvalue weighted by molar-refractivity contribution is 5.36. The third-order valence-electron chi connectivity index (χ3n) is 4.41. The maximum absolute atomic E-state index is 3.81. The van der Waals surface area contributed by atoms with Crippen LogP contribution in [-0.4, -0.2) is 0 Å². The summed E-state index contributed by atoms with van der Waals surface area (Å²) in [6.07, 6.45) is 10.9. The molecule has 1 aliphatic rings. The summed E-state index contributed by atoms with van der Waals surface area (Å²) < 4.78 is 0. The molecular formula is C20H26. The van der Waals surface area contributed by atoms with Crippen molar-refractivity contribution in [2.75, 3.05) is 0 Å². The number of allylic oxidation sites excluding steroid dienone is 1. The summed E-state index contributed by atoms with van der Waals surface area (Å²) in [6.45, 7) is 6.00. The lowest BCUT2D eigenvalue weighted by molar-refractivity contribution is 0.303. The van der Waals surface area contributed by atoms with E-state index < -0.39 is 0 Å². The molecule has 0 N–H and O–H groups in total. The second kappa shape index (κ2) is 7.95. The van der Waals surface area contributed by atoms with Crippen LogP contribution >= 0.6 is 0 Å². The lowest BCUT2D eigenvalue weighted by atomic mass is 9.80. The second-order valence-electron chi connectivity index (χ2n) is 5.90. The summed E-state index contributed by atoms with van der Waals surface area (Å²) >= 11 is 0. The predicted molar refractivity (Wildman–Crippen MR) is 87.6 cm³/mol. The minimum absolute atomic E-state index is 0.612. The van der Waals surface area contributed by atoms with Crippen LogP contribution < -0.4 is 0 Å². The normalized spacial score (nSPS) is 21.9. The van der Waals surface area contributed by atoms with Crippen LogP contribution in [0.5, 0.6) is 0 Å². The second-order valence-corrected chi connectivity index (χ2v) is 5.90. The van der Waals surface area contributed by atoms with E-state index in [9.17, 15) is 0 Å². The summed E-state index contributed by atoms with van der Waals surface area (Å²) in [6, 6.07) is 8.69. The molecule has 1 aromatic rings. The molecule has 106 valence electrons. The minimum Gasteiger partial charge on any atom is -0.103 e. The van der Waals surface area contributed by atoms with Crippen LogP contribution in [0.3, 0.4) is 0 Å². The average molecular weight is 266 g/mol. The lowest BCUT2D eigenvalue weighted by Gasteiger charge is -2.25. The molecule has 1 fully saturated rings. The molecule has 0 aromatic heterocycles. The molecule has 2 rings (SSSR count). The Bertz CT molecular complexity index is 461. The molecule has 0 unspecified atom stereocenters. The van der Waals surface area contributed by atoms with E-state index in [2.05, 4.69) is 49.6 Å². The van der Waals surface area contributed by atoms with Gasteiger partial charge in [0.15, 0.2) is 0 Å². The van der Waals surface area contributed by atoms with Crippen LogP contribution in [0.1, 0.15) is 56.6 Å². The summed E-state index contributed by atoms with van der Waals surface area (Å²) in [5.74, 6) is 8.36. The first-order valence-corrected chi connectivity index (χ1v) is 8.03. The molecule has 0 saturated heterocycles. The van der Waals surface area contributed by atoms with Gasteiger partial charge in [-0.05, 0) is 68.6 Å². The zero-order valence-electron chi connectivity index (χ0n) is 12.7. The highest BCUT2D eigenvalue weighted by Crippen LogP contribution is 2.31. The topological polar surface area (TPSA) is 0 Å². The van der Waals surface area contributed by atoms with Crippen molar-refractivity contribution in [2.45, 2.75) is 51.9 Å². The predicted octanol–water partition coefficient (Wildman–Crippen LogP) is 5.37. The van der Waals surface area contributed by atoms with Gasteiger partial charge >= 0.3 is 0 Å². The molecule has 1 saturated carbocycles. The molecule has 0 nitrogen and oxygen atoms in total. The first-order chi connectivity index (χ1) is 9.81. The van der Waals surface area contributed by atoms with Crippen molar-refractivity contribution in [3.8, 4) is 11.8 Å². The first kappa shape index (κ1) is 14.9. The third-order valence-corrected chi connectivity index (χ3v) is 4.41. The van der Waals surface area contributed by atoms with Crippen molar-refractivity contribution in [2.24, 2.45) is 11.8 Å². The van der Waals surface area contributed by atoms with Gasteiger partial charge in [-0.3, -0.25) is 0 Å². The largest absolute Gasteiger partial charge is 0.103 e. The van der Waals surface area contributed by atoms with E-state index in [4.69, 9.17) is 0 Å². The molecular weight excluding hydrogens is 240 g/mol. The van der Waals surface area contributed by atoms with Gasteiger partial charge in [0, 0.05) is 11.5 Å². The Hall–Kier alpha value is -1.48. The van der Waals surface area contributed by atoms with Crippen molar-refractivity contribution in [1.82, 2.24) is 0 Å². The summed E-state index contributed by atoms with van der Waals surface area (Å²) in [5, 5.41) is 0. The molecule has 0 aliphatic heterocycles. The average Bonchev–Trinajstić information content (AvgIpc) is 2.52. The molecule has 0 heteroatoms. The van der Waals surface area contributed by atoms with Gasteiger partial charge in [-0.1, -0.05) is 37.0 Å². The lowest BCUT2D eigenvalue weighted by Crippen LogP contribution is -2.13. The van der Waals surface area contributed by atoms with Gasteiger partial charge in [0.2, 0.25) is 0 Å². The molecule has 1 aliphatic carbocycles. The maximum Gasteiger partial charge on any atom is 0.0245 e. The third kappa shape index (κ3) is 4.57. The molecule has 0 spiro atoms. The highest BCUT2D eigenvalue weighted by atomic mass is 14.2. The van der Waals surface area contributed by atoms with Crippen molar-refractivity contribution >= 4 is 0 Å². The zero-order chi connectivity index (χ0) is 14.2. The zero-order valence-corrected chi connectivity index (χ0v) is 12.7. The standard InChI is InChI=1S/C20H26/c1-3-5-6-18-11-13-20(14-12-18)16-15-19-9-7-17(4-2)8-10-19/h3,7-10,18,20H,1,4-6,11-14H2,2H3/t18-,20-. The van der Waals surface area contributed by atoms with E-state index in [0.29, 0.717) is 5.92 Å². The first-order valence-electron chi connectivity index (χ1n) is 8.03. The monoisotopic (exact) mass is 266 g/mol. The van der Waals surface area contributed by atoms with Gasteiger partial charge in [-0.25, -0.2) is 0 Å². The summed E-state index contributed by atoms with van der Waals surface area (Å²) in [7, 11) is 0. The molecule has 0 radical (unpaired) electrons. The Balaban J connectivity index is 1.83. The van der Waals surface area contributed by atoms with Crippen molar-refractivity contribution in [1.29, 1.82) is 0 Å².